The Morgan fingerprint density at radius 2 is 1.44 bits per heavy atom. The van der Waals surface area contributed by atoms with E-state index >= 15 is 0 Å². The Kier molecular flexibility index (Phi) is 6.54. The van der Waals surface area contributed by atoms with Gasteiger partial charge in [-0.15, -0.1) is 12.4 Å². The molecule has 0 saturated carbocycles. The lowest BCUT2D eigenvalue weighted by atomic mass is 10.5. The molecule has 0 aliphatic carbocycles. The van der Waals surface area contributed by atoms with Crippen LogP contribution in [0.25, 0.3) is 0 Å². The van der Waals surface area contributed by atoms with Crippen LogP contribution in [0.5, 0.6) is 0 Å². The summed E-state index contributed by atoms with van der Waals surface area (Å²) in [6.45, 7) is 2.96. The molecule has 0 aliphatic heterocycles. The van der Waals surface area contributed by atoms with Gasteiger partial charge in [0.1, 0.15) is 12.5 Å². The third kappa shape index (κ3) is 4.62. The molecule has 2 atom stereocenters. The second-order valence-electron chi connectivity index (χ2n) is 1.71. The highest BCUT2D eigenvalue weighted by atomic mass is 35.5. The number of hydrogen-bond acceptors (Lipinski definition) is 4. The minimum atomic E-state index is -0.796. The molecule has 0 aromatic rings. The van der Waals surface area contributed by atoms with Gasteiger partial charge in [0, 0.05) is 0 Å². The first-order chi connectivity index (χ1) is 3.55. The van der Waals surface area contributed by atoms with Crippen molar-refractivity contribution >= 4 is 12.4 Å². The summed E-state index contributed by atoms with van der Waals surface area (Å²) in [7, 11) is 0. The lowest BCUT2D eigenvalue weighted by molar-refractivity contribution is -0.0854. The summed E-state index contributed by atoms with van der Waals surface area (Å²) in [5.74, 6) is 5.09. The van der Waals surface area contributed by atoms with Crippen LogP contribution in [0.4, 0.5) is 0 Å². The van der Waals surface area contributed by atoms with Crippen LogP contribution in [0, 0.1) is 0 Å². The summed E-state index contributed by atoms with van der Waals surface area (Å²) in [6, 6.07) is 0. The molecule has 2 unspecified atom stereocenters. The Balaban J connectivity index is 0. The van der Waals surface area contributed by atoms with Crippen molar-refractivity contribution in [1.29, 1.82) is 0 Å². The van der Waals surface area contributed by atoms with E-state index in [9.17, 15) is 0 Å². The number of hydrogen-bond donors (Lipinski definition) is 3. The van der Waals surface area contributed by atoms with Gasteiger partial charge in [0.2, 0.25) is 0 Å². The number of hydrazine groups is 1. The van der Waals surface area contributed by atoms with Crippen LogP contribution in [0.2, 0.25) is 0 Å². The maximum atomic E-state index is 8.63. The lowest BCUT2D eigenvalue weighted by Gasteiger charge is -2.21. The van der Waals surface area contributed by atoms with Crippen molar-refractivity contribution in [3.8, 4) is 0 Å². The zero-order valence-electron chi connectivity index (χ0n) is 5.48. The molecule has 58 valence electrons. The SMILES string of the molecule is CC(O)N(N)C(C)O.Cl. The van der Waals surface area contributed by atoms with Gasteiger partial charge in [0.05, 0.1) is 0 Å². The summed E-state index contributed by atoms with van der Waals surface area (Å²) in [6.07, 6.45) is -1.59. The van der Waals surface area contributed by atoms with Crippen molar-refractivity contribution < 1.29 is 10.2 Å². The Labute approximate surface area is 60.6 Å². The molecule has 0 rings (SSSR count). The molecule has 0 amide bonds. The highest BCUT2D eigenvalue weighted by Crippen LogP contribution is 1.90. The van der Waals surface area contributed by atoms with Gasteiger partial charge in [-0.2, -0.15) is 5.01 Å². The number of aliphatic hydroxyl groups is 2. The minimum Gasteiger partial charge on any atom is -0.377 e. The van der Waals surface area contributed by atoms with E-state index in [1.54, 1.807) is 0 Å². The zero-order valence-corrected chi connectivity index (χ0v) is 6.30. The first-order valence-corrected chi connectivity index (χ1v) is 2.45. The molecule has 0 spiro atoms. The molecule has 0 radical (unpaired) electrons. The van der Waals surface area contributed by atoms with Crippen LogP contribution in [-0.4, -0.2) is 27.7 Å². The summed E-state index contributed by atoms with van der Waals surface area (Å²) in [5.41, 5.74) is 0. The summed E-state index contributed by atoms with van der Waals surface area (Å²) < 4.78 is 0. The molecule has 0 bridgehead atoms. The second-order valence-corrected chi connectivity index (χ2v) is 1.71. The van der Waals surface area contributed by atoms with Gasteiger partial charge in [0.25, 0.3) is 0 Å². The van der Waals surface area contributed by atoms with Crippen molar-refractivity contribution in [3.05, 3.63) is 0 Å². The third-order valence-electron chi connectivity index (χ3n) is 0.863. The van der Waals surface area contributed by atoms with Crippen molar-refractivity contribution in [1.82, 2.24) is 5.01 Å². The van der Waals surface area contributed by atoms with Crippen LogP contribution in [0.1, 0.15) is 13.8 Å². The van der Waals surface area contributed by atoms with Gasteiger partial charge in [0.15, 0.2) is 0 Å². The van der Waals surface area contributed by atoms with Crippen LogP contribution in [0.3, 0.4) is 0 Å². The number of rotatable bonds is 2. The van der Waals surface area contributed by atoms with Crippen LogP contribution in [-0.2, 0) is 0 Å². The number of nitrogens with zero attached hydrogens (tertiary/aromatic N) is 1. The van der Waals surface area contributed by atoms with Crippen molar-refractivity contribution in [2.45, 2.75) is 26.3 Å². The molecule has 0 fully saturated rings. The summed E-state index contributed by atoms with van der Waals surface area (Å²) in [5, 5.41) is 18.2. The first kappa shape index (κ1) is 11.9. The van der Waals surface area contributed by atoms with E-state index in [1.807, 2.05) is 0 Å². The highest BCUT2D eigenvalue weighted by molar-refractivity contribution is 5.85. The van der Waals surface area contributed by atoms with Gasteiger partial charge in [-0.25, -0.2) is 0 Å². The molecule has 5 heteroatoms. The van der Waals surface area contributed by atoms with Gasteiger partial charge in [-0.1, -0.05) is 0 Å². The van der Waals surface area contributed by atoms with E-state index in [2.05, 4.69) is 0 Å². The maximum Gasteiger partial charge on any atom is 0.119 e. The fraction of sp³-hybridized carbons (Fsp3) is 1.00. The van der Waals surface area contributed by atoms with Gasteiger partial charge >= 0.3 is 0 Å². The molecule has 0 aromatic carbocycles. The lowest BCUT2D eigenvalue weighted by Crippen LogP contribution is -2.45. The Morgan fingerprint density at radius 3 is 1.44 bits per heavy atom. The fourth-order valence-corrected chi connectivity index (χ4v) is 0.312. The Bertz CT molecular complexity index is 61.6. The monoisotopic (exact) mass is 156 g/mol. The largest absolute Gasteiger partial charge is 0.377 e. The molecular weight excluding hydrogens is 144 g/mol. The molecule has 0 aliphatic rings. The van der Waals surface area contributed by atoms with E-state index in [0.29, 0.717) is 0 Å². The molecule has 9 heavy (non-hydrogen) atoms. The van der Waals surface area contributed by atoms with E-state index in [0.717, 1.165) is 5.01 Å². The molecule has 4 nitrogen and oxygen atoms in total. The second kappa shape index (κ2) is 4.96. The average Bonchev–Trinajstić information content (AvgIpc) is 1.64. The highest BCUT2D eigenvalue weighted by Gasteiger charge is 2.09. The molecular formula is C4H13ClN2O2. The number of aliphatic hydroxyl groups excluding tert-OH is 2. The van der Waals surface area contributed by atoms with Crippen LogP contribution in [0.15, 0.2) is 0 Å². The number of halogens is 1. The van der Waals surface area contributed by atoms with Crippen molar-refractivity contribution in [2.24, 2.45) is 5.84 Å². The smallest absolute Gasteiger partial charge is 0.119 e. The standard InChI is InChI=1S/C4H12N2O2.ClH/c1-3(7)6(5)4(2)8;/h3-4,7-8H,5H2,1-2H3;1H. The average molecular weight is 157 g/mol. The van der Waals surface area contributed by atoms with Gasteiger partial charge in [-0.3, -0.25) is 5.84 Å². The fourth-order valence-electron chi connectivity index (χ4n) is 0.312. The van der Waals surface area contributed by atoms with E-state index < -0.39 is 12.5 Å². The van der Waals surface area contributed by atoms with Crippen molar-refractivity contribution in [3.63, 3.8) is 0 Å². The topological polar surface area (TPSA) is 69.7 Å². The normalized spacial score (nSPS) is 16.7. The minimum absolute atomic E-state index is 0. The molecule has 0 saturated heterocycles. The maximum absolute atomic E-state index is 8.63. The Morgan fingerprint density at radius 1 is 1.22 bits per heavy atom. The predicted molar refractivity (Wildman–Crippen MR) is 36.6 cm³/mol. The van der Waals surface area contributed by atoms with E-state index in [1.165, 1.54) is 13.8 Å². The van der Waals surface area contributed by atoms with Crippen LogP contribution < -0.4 is 5.84 Å². The first-order valence-electron chi connectivity index (χ1n) is 2.45. The predicted octanol–water partition coefficient (Wildman–Crippen LogP) is -0.740. The van der Waals surface area contributed by atoms with E-state index in [-0.39, 0.29) is 12.4 Å². The third-order valence-corrected chi connectivity index (χ3v) is 0.863. The summed E-state index contributed by atoms with van der Waals surface area (Å²) in [4.78, 5) is 0. The van der Waals surface area contributed by atoms with E-state index in [4.69, 9.17) is 16.1 Å². The Hall–Kier alpha value is 0.130. The number of nitrogens with two attached hydrogens (primary N) is 1. The summed E-state index contributed by atoms with van der Waals surface area (Å²) >= 11 is 0. The van der Waals surface area contributed by atoms with Gasteiger partial charge in [-0.05, 0) is 13.8 Å². The van der Waals surface area contributed by atoms with Gasteiger partial charge < -0.3 is 10.2 Å². The molecule has 0 aromatic heterocycles. The zero-order chi connectivity index (χ0) is 6.73. The van der Waals surface area contributed by atoms with Crippen LogP contribution >= 0.6 is 12.4 Å². The van der Waals surface area contributed by atoms with Crippen molar-refractivity contribution in [2.75, 3.05) is 0 Å². The molecule has 0 heterocycles. The quantitative estimate of drug-likeness (QED) is 0.280. The molecule has 4 N–H and O–H groups in total.